The molecule has 0 aliphatic rings. The molecule has 1 heterocycles. The average molecular weight is 500 g/mol. The molecule has 0 radical (unpaired) electrons. The van der Waals surface area contributed by atoms with Crippen molar-refractivity contribution in [2.45, 2.75) is 32.7 Å². The Morgan fingerprint density at radius 1 is 1.14 bits per heavy atom. The van der Waals surface area contributed by atoms with Crippen molar-refractivity contribution in [3.8, 4) is 17.2 Å². The number of ether oxygens (including phenoxy) is 2. The van der Waals surface area contributed by atoms with Crippen LogP contribution in [0, 0.1) is 12.7 Å². The van der Waals surface area contributed by atoms with Gasteiger partial charge in [-0.2, -0.15) is 0 Å². The maximum atomic E-state index is 13.2. The Labute approximate surface area is 208 Å². The molecule has 2 aromatic carbocycles. The molecule has 0 saturated heterocycles. The van der Waals surface area contributed by atoms with Gasteiger partial charge in [-0.3, -0.25) is 4.98 Å². The van der Waals surface area contributed by atoms with Crippen molar-refractivity contribution in [3.05, 3.63) is 66.1 Å². The van der Waals surface area contributed by atoms with E-state index < -0.39 is 11.9 Å². The van der Waals surface area contributed by atoms with Crippen LogP contribution in [0.15, 0.2) is 54.6 Å². The molecule has 0 aliphatic carbocycles. The number of fused-ring (bicyclic) bond motifs is 1. The molecule has 0 aliphatic heterocycles. The van der Waals surface area contributed by atoms with E-state index in [0.717, 1.165) is 35.1 Å². The maximum absolute atomic E-state index is 13.2. The minimum absolute atomic E-state index is 0.239. The molecule has 5 N–H and O–H groups in total. The molecule has 9 nitrogen and oxygen atoms in total. The quantitative estimate of drug-likeness (QED) is 0.291. The van der Waals surface area contributed by atoms with E-state index in [-0.39, 0.29) is 11.9 Å². The van der Waals surface area contributed by atoms with E-state index in [2.05, 4.69) is 12.2 Å². The SMILES string of the molecule is COc1cc(NC(C)CCCN)c2nc(C)ccc2c1Oc1ccc(F)cc1.O=C(O)/C=C/C(=O)O. The minimum Gasteiger partial charge on any atom is -0.493 e. The molecule has 1 aromatic heterocycles. The third-order valence-corrected chi connectivity index (χ3v) is 4.90. The summed E-state index contributed by atoms with van der Waals surface area (Å²) in [5.74, 6) is -1.17. The maximum Gasteiger partial charge on any atom is 0.328 e. The number of aryl methyl sites for hydroxylation is 1. The Hall–Kier alpha value is -4.18. The Balaban J connectivity index is 0.000000493. The highest BCUT2D eigenvalue weighted by atomic mass is 19.1. The number of nitrogens with two attached hydrogens (primary N) is 1. The van der Waals surface area contributed by atoms with Crippen LogP contribution in [0.3, 0.4) is 0 Å². The van der Waals surface area contributed by atoms with Crippen molar-refractivity contribution >= 4 is 28.5 Å². The van der Waals surface area contributed by atoms with Crippen LogP contribution in [0.5, 0.6) is 17.2 Å². The van der Waals surface area contributed by atoms with Crippen molar-refractivity contribution in [1.29, 1.82) is 0 Å². The van der Waals surface area contributed by atoms with Crippen LogP contribution in [0.1, 0.15) is 25.5 Å². The van der Waals surface area contributed by atoms with E-state index in [0.29, 0.717) is 35.9 Å². The number of anilines is 1. The lowest BCUT2D eigenvalue weighted by Crippen LogP contribution is -2.17. The lowest BCUT2D eigenvalue weighted by Gasteiger charge is -2.20. The molecule has 0 bridgehead atoms. The summed E-state index contributed by atoms with van der Waals surface area (Å²) < 4.78 is 24.9. The number of carboxylic acids is 2. The van der Waals surface area contributed by atoms with Crippen LogP contribution in [-0.4, -0.2) is 46.8 Å². The monoisotopic (exact) mass is 499 g/mol. The lowest BCUT2D eigenvalue weighted by atomic mass is 10.1. The number of benzene rings is 2. The van der Waals surface area contributed by atoms with Gasteiger partial charge in [-0.1, -0.05) is 0 Å². The normalized spacial score (nSPS) is 11.5. The van der Waals surface area contributed by atoms with Gasteiger partial charge in [-0.15, -0.1) is 0 Å². The number of hydrogen-bond acceptors (Lipinski definition) is 7. The Morgan fingerprint density at radius 3 is 2.33 bits per heavy atom. The number of carboxylic acid groups (broad SMARTS) is 2. The molecule has 192 valence electrons. The fourth-order valence-electron chi connectivity index (χ4n) is 3.23. The highest BCUT2D eigenvalue weighted by Crippen LogP contribution is 2.42. The van der Waals surface area contributed by atoms with Crippen LogP contribution < -0.4 is 20.5 Å². The van der Waals surface area contributed by atoms with E-state index in [9.17, 15) is 14.0 Å². The minimum atomic E-state index is -1.26. The average Bonchev–Trinajstić information content (AvgIpc) is 2.84. The second-order valence-corrected chi connectivity index (χ2v) is 7.85. The molecule has 0 saturated carbocycles. The van der Waals surface area contributed by atoms with Crippen molar-refractivity contribution in [1.82, 2.24) is 4.98 Å². The van der Waals surface area contributed by atoms with E-state index in [4.69, 9.17) is 30.4 Å². The predicted octanol–water partition coefficient (Wildman–Crippen LogP) is 4.73. The molecule has 1 atom stereocenters. The number of nitrogens with one attached hydrogen (secondary N) is 1. The molecule has 0 fully saturated rings. The van der Waals surface area contributed by atoms with Crippen LogP contribution in [0.2, 0.25) is 0 Å². The standard InChI is InChI=1S/C22H26FN3O2.C4H4O4/c1-14(5-4-12-24)25-19-13-20(27-3)22(18-11-6-15(2)26-21(18)19)28-17-9-7-16(23)8-10-17;5-3(6)1-2-4(7)8/h6-11,13-14,25H,4-5,12,24H2,1-3H3;1-2H,(H,5,6)(H,7,8)/b;2-1+. The highest BCUT2D eigenvalue weighted by Gasteiger charge is 2.17. The van der Waals surface area contributed by atoms with E-state index in [1.807, 2.05) is 25.1 Å². The first kappa shape index (κ1) is 28.1. The number of nitrogens with zero attached hydrogens (tertiary/aromatic N) is 1. The summed E-state index contributed by atoms with van der Waals surface area (Å²) in [4.78, 5) is 23.8. The van der Waals surface area contributed by atoms with Gasteiger partial charge in [0.25, 0.3) is 0 Å². The first-order valence-corrected chi connectivity index (χ1v) is 11.2. The summed E-state index contributed by atoms with van der Waals surface area (Å²) >= 11 is 0. The summed E-state index contributed by atoms with van der Waals surface area (Å²) in [5, 5.41) is 20.0. The van der Waals surface area contributed by atoms with Crippen LogP contribution in [0.25, 0.3) is 10.9 Å². The van der Waals surface area contributed by atoms with Gasteiger partial charge in [-0.25, -0.2) is 14.0 Å². The molecule has 1 unspecified atom stereocenters. The smallest absolute Gasteiger partial charge is 0.328 e. The Bertz CT molecular complexity index is 1200. The predicted molar refractivity (Wildman–Crippen MR) is 135 cm³/mol. The topological polar surface area (TPSA) is 144 Å². The van der Waals surface area contributed by atoms with Crippen molar-refractivity contribution in [3.63, 3.8) is 0 Å². The highest BCUT2D eigenvalue weighted by molar-refractivity contribution is 5.97. The molecule has 10 heteroatoms. The number of carbonyl (C=O) groups is 2. The summed E-state index contributed by atoms with van der Waals surface area (Å²) in [6.45, 7) is 4.73. The van der Waals surface area contributed by atoms with Crippen LogP contribution in [0.4, 0.5) is 10.1 Å². The molecule has 0 amide bonds. The van der Waals surface area contributed by atoms with Crippen LogP contribution >= 0.6 is 0 Å². The lowest BCUT2D eigenvalue weighted by molar-refractivity contribution is -0.134. The second kappa shape index (κ2) is 13.6. The van der Waals surface area contributed by atoms with Gasteiger partial charge in [0.05, 0.1) is 18.3 Å². The van der Waals surface area contributed by atoms with Gasteiger partial charge in [0.2, 0.25) is 0 Å². The summed E-state index contributed by atoms with van der Waals surface area (Å²) in [6.07, 6.45) is 3.02. The first-order valence-electron chi connectivity index (χ1n) is 11.2. The molecular weight excluding hydrogens is 469 g/mol. The molecule has 0 spiro atoms. The van der Waals surface area contributed by atoms with E-state index >= 15 is 0 Å². The number of pyridine rings is 1. The second-order valence-electron chi connectivity index (χ2n) is 7.85. The van der Waals surface area contributed by atoms with E-state index in [1.165, 1.54) is 12.1 Å². The molecule has 3 aromatic rings. The van der Waals surface area contributed by atoms with Gasteiger partial charge >= 0.3 is 11.9 Å². The van der Waals surface area contributed by atoms with Crippen LogP contribution in [-0.2, 0) is 9.59 Å². The van der Waals surface area contributed by atoms with E-state index in [1.54, 1.807) is 19.2 Å². The number of methoxy groups -OCH3 is 1. The zero-order chi connectivity index (χ0) is 26.7. The van der Waals surface area contributed by atoms with Gasteiger partial charge in [-0.05, 0) is 69.6 Å². The summed E-state index contributed by atoms with van der Waals surface area (Å²) in [7, 11) is 1.60. The van der Waals surface area contributed by atoms with Crippen molar-refractivity contribution in [2.24, 2.45) is 5.73 Å². The Kier molecular flexibility index (Phi) is 10.6. The molecule has 36 heavy (non-hydrogen) atoms. The van der Waals surface area contributed by atoms with Gasteiger partial charge in [0.1, 0.15) is 11.6 Å². The third kappa shape index (κ3) is 8.55. The van der Waals surface area contributed by atoms with Crippen molar-refractivity contribution < 1.29 is 33.7 Å². The number of aromatic nitrogens is 1. The number of rotatable bonds is 10. The van der Waals surface area contributed by atoms with Gasteiger partial charge in [0, 0.05) is 35.3 Å². The zero-order valence-electron chi connectivity index (χ0n) is 20.3. The largest absolute Gasteiger partial charge is 0.493 e. The fraction of sp³-hybridized carbons (Fsp3) is 0.269. The molecular formula is C26H30FN3O6. The summed E-state index contributed by atoms with van der Waals surface area (Å²) in [5.41, 5.74) is 8.22. The number of halogens is 1. The fourth-order valence-corrected chi connectivity index (χ4v) is 3.23. The third-order valence-electron chi connectivity index (χ3n) is 4.90. The van der Waals surface area contributed by atoms with Crippen molar-refractivity contribution in [2.75, 3.05) is 19.0 Å². The zero-order valence-corrected chi connectivity index (χ0v) is 20.3. The number of hydrogen-bond donors (Lipinski definition) is 4. The van der Waals surface area contributed by atoms with Gasteiger partial charge in [0.15, 0.2) is 11.5 Å². The molecule has 3 rings (SSSR count). The Morgan fingerprint density at radius 2 is 1.78 bits per heavy atom. The number of aliphatic carboxylic acids is 2. The van der Waals surface area contributed by atoms with Gasteiger partial charge < -0.3 is 30.7 Å². The first-order chi connectivity index (χ1) is 17.1. The summed E-state index contributed by atoms with van der Waals surface area (Å²) in [6, 6.07) is 11.9.